The Morgan fingerprint density at radius 3 is 2.35 bits per heavy atom. The van der Waals surface area contributed by atoms with Gasteiger partial charge in [0.15, 0.2) is 0 Å². The van der Waals surface area contributed by atoms with Gasteiger partial charge in [-0.2, -0.15) is 5.26 Å². The summed E-state index contributed by atoms with van der Waals surface area (Å²) in [5.41, 5.74) is 0. The van der Waals surface area contributed by atoms with Gasteiger partial charge < -0.3 is 10.2 Å². The molecule has 2 rings (SSSR count). The zero-order valence-corrected chi connectivity index (χ0v) is 14.2. The lowest BCUT2D eigenvalue weighted by atomic mass is 9.84. The lowest BCUT2D eigenvalue weighted by Crippen LogP contribution is -2.41. The third-order valence-corrected chi connectivity index (χ3v) is 5.32. The van der Waals surface area contributed by atoms with Crippen LogP contribution in [0.5, 0.6) is 0 Å². The van der Waals surface area contributed by atoms with Gasteiger partial charge >= 0.3 is 0 Å². The maximum atomic E-state index is 12.2. The third kappa shape index (κ3) is 5.53. The van der Waals surface area contributed by atoms with Gasteiger partial charge in [-0.15, -0.1) is 0 Å². The first-order chi connectivity index (χ1) is 11.1. The van der Waals surface area contributed by atoms with Gasteiger partial charge in [-0.1, -0.05) is 19.3 Å². The van der Waals surface area contributed by atoms with Crippen molar-refractivity contribution in [3.8, 4) is 6.07 Å². The quantitative estimate of drug-likeness (QED) is 0.792. The van der Waals surface area contributed by atoms with Crippen LogP contribution in [0.2, 0.25) is 0 Å². The van der Waals surface area contributed by atoms with E-state index < -0.39 is 0 Å². The lowest BCUT2D eigenvalue weighted by molar-refractivity contribution is -0.134. The van der Waals surface area contributed by atoms with Crippen LogP contribution in [0.3, 0.4) is 0 Å². The third-order valence-electron chi connectivity index (χ3n) is 5.32. The Morgan fingerprint density at radius 1 is 1.09 bits per heavy atom. The van der Waals surface area contributed by atoms with Gasteiger partial charge in [0.2, 0.25) is 11.8 Å². The summed E-state index contributed by atoms with van der Waals surface area (Å²) < 4.78 is 0. The Bertz CT molecular complexity index is 444. The second kappa shape index (κ2) is 8.90. The summed E-state index contributed by atoms with van der Waals surface area (Å²) >= 11 is 0. The van der Waals surface area contributed by atoms with Crippen molar-refractivity contribution in [2.75, 3.05) is 13.6 Å². The van der Waals surface area contributed by atoms with E-state index in [-0.39, 0.29) is 30.3 Å². The molecule has 0 bridgehead atoms. The molecule has 2 aliphatic rings. The Labute approximate surface area is 139 Å². The van der Waals surface area contributed by atoms with E-state index in [1.165, 1.54) is 37.0 Å². The fourth-order valence-corrected chi connectivity index (χ4v) is 3.92. The highest BCUT2D eigenvalue weighted by Gasteiger charge is 2.29. The molecule has 0 unspecified atom stereocenters. The van der Waals surface area contributed by atoms with Crippen LogP contribution in [0.4, 0.5) is 0 Å². The Hall–Kier alpha value is -1.57. The maximum absolute atomic E-state index is 12.2. The summed E-state index contributed by atoms with van der Waals surface area (Å²) in [5.74, 6) is 0.841. The monoisotopic (exact) mass is 319 g/mol. The van der Waals surface area contributed by atoms with Crippen molar-refractivity contribution in [2.24, 2.45) is 11.8 Å². The molecule has 1 N–H and O–H groups in total. The van der Waals surface area contributed by atoms with Crippen molar-refractivity contribution < 1.29 is 9.59 Å². The molecule has 2 aliphatic carbocycles. The van der Waals surface area contributed by atoms with Crippen molar-refractivity contribution >= 4 is 11.8 Å². The van der Waals surface area contributed by atoms with Gasteiger partial charge in [0.25, 0.3) is 0 Å². The van der Waals surface area contributed by atoms with Crippen LogP contribution >= 0.6 is 0 Å². The minimum atomic E-state index is 0.0137. The largest absolute Gasteiger partial charge is 0.353 e. The van der Waals surface area contributed by atoms with Gasteiger partial charge in [-0.05, 0) is 44.4 Å². The first kappa shape index (κ1) is 17.8. The number of amides is 2. The second-order valence-electron chi connectivity index (χ2n) is 7.18. The first-order valence-corrected chi connectivity index (χ1v) is 9.01. The Balaban J connectivity index is 1.68. The van der Waals surface area contributed by atoms with Crippen LogP contribution in [0.15, 0.2) is 0 Å². The molecule has 0 aromatic carbocycles. The van der Waals surface area contributed by atoms with E-state index >= 15 is 0 Å². The molecular formula is C18H29N3O2. The molecule has 0 saturated heterocycles. The molecular weight excluding hydrogens is 290 g/mol. The minimum absolute atomic E-state index is 0.0137. The van der Waals surface area contributed by atoms with E-state index in [4.69, 9.17) is 5.26 Å². The molecule has 5 nitrogen and oxygen atoms in total. The highest BCUT2D eigenvalue weighted by molar-refractivity contribution is 5.79. The van der Waals surface area contributed by atoms with Crippen LogP contribution in [0.25, 0.3) is 0 Å². The smallest absolute Gasteiger partial charge is 0.226 e. The minimum Gasteiger partial charge on any atom is -0.353 e. The average molecular weight is 319 g/mol. The molecule has 0 heterocycles. The highest BCUT2D eigenvalue weighted by Crippen LogP contribution is 2.28. The van der Waals surface area contributed by atoms with Crippen molar-refractivity contribution in [1.29, 1.82) is 5.26 Å². The zero-order chi connectivity index (χ0) is 16.7. The SMILES string of the molecule is CN(CC#N)C(=O)C1CCC(NC(=O)CC2CCCCC2)CC1. The number of hydrogen-bond acceptors (Lipinski definition) is 3. The van der Waals surface area contributed by atoms with Gasteiger partial charge in [-0.25, -0.2) is 0 Å². The Morgan fingerprint density at radius 2 is 1.74 bits per heavy atom. The van der Waals surface area contributed by atoms with Crippen LogP contribution < -0.4 is 5.32 Å². The topological polar surface area (TPSA) is 73.2 Å². The molecule has 2 amide bonds. The average Bonchev–Trinajstić information content (AvgIpc) is 2.56. The van der Waals surface area contributed by atoms with Crippen molar-refractivity contribution in [3.63, 3.8) is 0 Å². The van der Waals surface area contributed by atoms with Gasteiger partial charge in [0.1, 0.15) is 6.54 Å². The number of rotatable bonds is 5. The van der Waals surface area contributed by atoms with Gasteiger partial charge in [0.05, 0.1) is 6.07 Å². The van der Waals surface area contributed by atoms with Crippen LogP contribution in [0, 0.1) is 23.2 Å². The van der Waals surface area contributed by atoms with E-state index in [9.17, 15) is 9.59 Å². The number of nitrogens with zero attached hydrogens (tertiary/aromatic N) is 2. The molecule has 0 aromatic heterocycles. The van der Waals surface area contributed by atoms with Gasteiger partial charge in [0, 0.05) is 25.4 Å². The summed E-state index contributed by atoms with van der Waals surface area (Å²) in [7, 11) is 1.68. The first-order valence-electron chi connectivity index (χ1n) is 9.01. The molecule has 128 valence electrons. The van der Waals surface area contributed by atoms with E-state index in [2.05, 4.69) is 5.32 Å². The van der Waals surface area contributed by atoms with E-state index in [0.29, 0.717) is 12.3 Å². The van der Waals surface area contributed by atoms with Crippen molar-refractivity contribution in [1.82, 2.24) is 10.2 Å². The molecule has 0 aliphatic heterocycles. The normalized spacial score (nSPS) is 25.4. The molecule has 0 spiro atoms. The number of nitrogens with one attached hydrogen (secondary N) is 1. The fraction of sp³-hybridized carbons (Fsp3) is 0.833. The number of carbonyl (C=O) groups excluding carboxylic acids is 2. The Kier molecular flexibility index (Phi) is 6.88. The molecule has 2 saturated carbocycles. The predicted octanol–water partition coefficient (Wildman–Crippen LogP) is 2.61. The summed E-state index contributed by atoms with van der Waals surface area (Å²) in [5, 5.41) is 11.8. The fourth-order valence-electron chi connectivity index (χ4n) is 3.92. The number of hydrogen-bond donors (Lipinski definition) is 1. The van der Waals surface area contributed by atoms with E-state index in [1.807, 2.05) is 6.07 Å². The molecule has 23 heavy (non-hydrogen) atoms. The lowest BCUT2D eigenvalue weighted by Gasteiger charge is -2.31. The highest BCUT2D eigenvalue weighted by atomic mass is 16.2. The standard InChI is InChI=1S/C18H29N3O2/c1-21(12-11-19)18(23)15-7-9-16(10-8-15)20-17(22)13-14-5-3-2-4-6-14/h14-16H,2-10,12-13H2,1H3,(H,20,22). The van der Waals surface area contributed by atoms with Gasteiger partial charge in [-0.3, -0.25) is 9.59 Å². The second-order valence-corrected chi connectivity index (χ2v) is 7.18. The summed E-state index contributed by atoms with van der Waals surface area (Å²) in [6.07, 6.45) is 10.3. The van der Waals surface area contributed by atoms with E-state index in [1.54, 1.807) is 7.05 Å². The molecule has 0 aromatic rings. The number of nitriles is 1. The maximum Gasteiger partial charge on any atom is 0.226 e. The van der Waals surface area contributed by atoms with Crippen LogP contribution in [-0.2, 0) is 9.59 Å². The van der Waals surface area contributed by atoms with E-state index in [0.717, 1.165) is 25.7 Å². The van der Waals surface area contributed by atoms with Crippen molar-refractivity contribution in [3.05, 3.63) is 0 Å². The molecule has 2 fully saturated rings. The van der Waals surface area contributed by atoms with Crippen LogP contribution in [-0.4, -0.2) is 36.3 Å². The molecule has 0 atom stereocenters. The summed E-state index contributed by atoms with van der Waals surface area (Å²) in [6, 6.07) is 2.23. The van der Waals surface area contributed by atoms with Crippen molar-refractivity contribution in [2.45, 2.75) is 70.3 Å². The predicted molar refractivity (Wildman–Crippen MR) is 88.3 cm³/mol. The molecule has 0 radical (unpaired) electrons. The van der Waals surface area contributed by atoms with Crippen LogP contribution in [0.1, 0.15) is 64.2 Å². The number of carbonyl (C=O) groups is 2. The molecule has 5 heteroatoms. The summed E-state index contributed by atoms with van der Waals surface area (Å²) in [6.45, 7) is 0.150. The summed E-state index contributed by atoms with van der Waals surface area (Å²) in [4.78, 5) is 25.8. The zero-order valence-electron chi connectivity index (χ0n) is 14.2.